The smallest absolute Gasteiger partial charge is 0.416 e. The number of aromatic nitrogens is 3. The first-order valence-corrected chi connectivity index (χ1v) is 15.3. The standard InChI is InChI=1S/C32H36F6N6O5/c1-5-21-16-23(28-24(9-10-26(42-28)48-4)44(21)30(47)49-11-7-6-8-27(45)46)41-29-39-17-25(43(2)3)22(40-29)14-18-12-19(31(33,34)35)15-20(13-18)32(36,37)38/h9-10,12-13,15,17,21,23H,5-8,11,14,16H2,1-4H3,(H,45,46)(H,39,40,41)/t21-,23+/m1/s1. The third kappa shape index (κ3) is 9.20. The fraction of sp³-hybridized carbons (Fsp3) is 0.469. The van der Waals surface area contributed by atoms with E-state index in [1.165, 1.54) is 18.2 Å². The van der Waals surface area contributed by atoms with Crippen molar-refractivity contribution >= 4 is 29.4 Å². The molecule has 2 atom stereocenters. The first-order valence-electron chi connectivity index (χ1n) is 15.3. The highest BCUT2D eigenvalue weighted by atomic mass is 19.4. The van der Waals surface area contributed by atoms with Gasteiger partial charge in [0.05, 0.1) is 59.8 Å². The molecule has 1 aromatic carbocycles. The van der Waals surface area contributed by atoms with Gasteiger partial charge in [-0.05, 0) is 55.5 Å². The van der Waals surface area contributed by atoms with Gasteiger partial charge < -0.3 is 24.8 Å². The van der Waals surface area contributed by atoms with E-state index in [1.807, 2.05) is 6.92 Å². The van der Waals surface area contributed by atoms with Crippen molar-refractivity contribution < 1.29 is 50.5 Å². The van der Waals surface area contributed by atoms with Crippen LogP contribution in [-0.2, 0) is 28.3 Å². The number of anilines is 3. The molecular weight excluding hydrogens is 662 g/mol. The number of aliphatic carboxylic acids is 1. The van der Waals surface area contributed by atoms with Crippen molar-refractivity contribution in [2.75, 3.05) is 42.9 Å². The highest BCUT2D eigenvalue weighted by molar-refractivity contribution is 5.90. The molecule has 266 valence electrons. The summed E-state index contributed by atoms with van der Waals surface area (Å²) in [6.45, 7) is 1.90. The summed E-state index contributed by atoms with van der Waals surface area (Å²) in [5.41, 5.74) is -1.74. The Kier molecular flexibility index (Phi) is 11.4. The molecule has 0 fully saturated rings. The number of amides is 1. The number of fused-ring (bicyclic) bond motifs is 1. The predicted molar refractivity (Wildman–Crippen MR) is 167 cm³/mol. The highest BCUT2D eigenvalue weighted by Crippen LogP contribution is 2.41. The molecule has 2 aromatic heterocycles. The van der Waals surface area contributed by atoms with Crippen molar-refractivity contribution in [2.24, 2.45) is 0 Å². The number of halogens is 6. The van der Waals surface area contributed by atoms with Crippen molar-refractivity contribution in [1.29, 1.82) is 0 Å². The number of methoxy groups -OCH3 is 1. The number of rotatable bonds is 12. The van der Waals surface area contributed by atoms with Gasteiger partial charge in [0.15, 0.2) is 0 Å². The number of benzene rings is 1. The SMILES string of the molecule is CC[C@@H]1C[C@H](Nc2ncc(N(C)C)c(Cc3cc(C(F)(F)F)cc(C(F)(F)F)c3)n2)c2nc(OC)ccc2N1C(=O)OCCCCC(=O)O. The lowest BCUT2D eigenvalue weighted by Gasteiger charge is -2.39. The molecule has 0 unspecified atom stereocenters. The van der Waals surface area contributed by atoms with Gasteiger partial charge in [-0.2, -0.15) is 26.3 Å². The van der Waals surface area contributed by atoms with Crippen molar-refractivity contribution in [3.8, 4) is 5.88 Å². The van der Waals surface area contributed by atoms with Crippen LogP contribution >= 0.6 is 0 Å². The fourth-order valence-corrected chi connectivity index (χ4v) is 5.49. The Labute approximate surface area is 278 Å². The summed E-state index contributed by atoms with van der Waals surface area (Å²) in [6, 6.07) is 3.65. The zero-order valence-corrected chi connectivity index (χ0v) is 27.2. The Hall–Kier alpha value is -4.83. The molecule has 0 radical (unpaired) electrons. The lowest BCUT2D eigenvalue weighted by molar-refractivity contribution is -0.143. The van der Waals surface area contributed by atoms with Gasteiger partial charge in [0.25, 0.3) is 0 Å². The first-order chi connectivity index (χ1) is 23.0. The number of hydrogen-bond acceptors (Lipinski definition) is 9. The average Bonchev–Trinajstić information content (AvgIpc) is 3.02. The van der Waals surface area contributed by atoms with Crippen LogP contribution in [0.25, 0.3) is 0 Å². The van der Waals surface area contributed by atoms with E-state index in [2.05, 4.69) is 20.3 Å². The minimum absolute atomic E-state index is 0.0187. The zero-order chi connectivity index (χ0) is 36.1. The van der Waals surface area contributed by atoms with Gasteiger partial charge in [0, 0.05) is 39.0 Å². The maximum Gasteiger partial charge on any atom is 0.416 e. The molecule has 4 rings (SSSR count). The number of unbranched alkanes of at least 4 members (excludes halogenated alkanes) is 1. The second-order valence-electron chi connectivity index (χ2n) is 11.6. The number of carbonyl (C=O) groups is 2. The second kappa shape index (κ2) is 15.2. The van der Waals surface area contributed by atoms with Crippen LogP contribution in [0, 0.1) is 0 Å². The van der Waals surface area contributed by atoms with Gasteiger partial charge in [0.2, 0.25) is 11.8 Å². The molecule has 1 aliphatic heterocycles. The third-order valence-electron chi connectivity index (χ3n) is 7.88. The summed E-state index contributed by atoms with van der Waals surface area (Å²) in [6.07, 6.45) is -8.14. The molecule has 0 saturated heterocycles. The van der Waals surface area contributed by atoms with Gasteiger partial charge in [-0.15, -0.1) is 0 Å². The maximum atomic E-state index is 13.6. The molecule has 0 aliphatic carbocycles. The summed E-state index contributed by atoms with van der Waals surface area (Å²) < 4.78 is 92.2. The summed E-state index contributed by atoms with van der Waals surface area (Å²) in [5, 5.41) is 12.0. The van der Waals surface area contributed by atoms with Crippen LogP contribution in [0.1, 0.15) is 73.1 Å². The minimum Gasteiger partial charge on any atom is -0.481 e. The Morgan fingerprint density at radius 1 is 1.04 bits per heavy atom. The third-order valence-corrected chi connectivity index (χ3v) is 7.88. The number of nitrogens with zero attached hydrogens (tertiary/aromatic N) is 5. The van der Waals surface area contributed by atoms with Crippen molar-refractivity contribution in [1.82, 2.24) is 15.0 Å². The minimum atomic E-state index is -5.00. The van der Waals surface area contributed by atoms with Crippen LogP contribution in [0.2, 0.25) is 0 Å². The van der Waals surface area contributed by atoms with E-state index in [-0.39, 0.29) is 48.6 Å². The quantitative estimate of drug-likeness (QED) is 0.149. The number of carbonyl (C=O) groups excluding carboxylic acids is 1. The van der Waals surface area contributed by atoms with Crippen LogP contribution in [0.3, 0.4) is 0 Å². The van der Waals surface area contributed by atoms with E-state index in [0.29, 0.717) is 54.9 Å². The van der Waals surface area contributed by atoms with Crippen LogP contribution in [0.15, 0.2) is 36.5 Å². The number of ether oxygens (including phenoxy) is 2. The van der Waals surface area contributed by atoms with Gasteiger partial charge >= 0.3 is 24.4 Å². The molecule has 1 aliphatic rings. The Bertz CT molecular complexity index is 1620. The summed E-state index contributed by atoms with van der Waals surface area (Å²) in [4.78, 5) is 40.6. The lowest BCUT2D eigenvalue weighted by atomic mass is 9.93. The molecule has 3 heterocycles. The molecular formula is C32H36F6N6O5. The fourth-order valence-electron chi connectivity index (χ4n) is 5.49. The molecule has 0 bridgehead atoms. The van der Waals surface area contributed by atoms with E-state index in [0.717, 1.165) is 0 Å². The van der Waals surface area contributed by atoms with Crippen molar-refractivity contribution in [2.45, 2.75) is 69.9 Å². The lowest BCUT2D eigenvalue weighted by Crippen LogP contribution is -2.46. The Balaban J connectivity index is 1.67. The van der Waals surface area contributed by atoms with Gasteiger partial charge in [-0.25, -0.2) is 19.7 Å². The molecule has 17 heteroatoms. The van der Waals surface area contributed by atoms with Crippen molar-refractivity contribution in [3.63, 3.8) is 0 Å². The van der Waals surface area contributed by atoms with E-state index in [9.17, 15) is 35.9 Å². The van der Waals surface area contributed by atoms with Crippen LogP contribution in [-0.4, -0.2) is 66.0 Å². The van der Waals surface area contributed by atoms with E-state index in [1.54, 1.807) is 31.1 Å². The summed E-state index contributed by atoms with van der Waals surface area (Å²) in [5.74, 6) is -0.662. The number of alkyl halides is 6. The molecule has 49 heavy (non-hydrogen) atoms. The number of hydrogen-bond donors (Lipinski definition) is 2. The summed E-state index contributed by atoms with van der Waals surface area (Å²) >= 11 is 0. The van der Waals surface area contributed by atoms with E-state index in [4.69, 9.17) is 14.6 Å². The number of carboxylic acid groups (broad SMARTS) is 1. The highest BCUT2D eigenvalue weighted by Gasteiger charge is 2.39. The number of pyridine rings is 1. The van der Waals surface area contributed by atoms with Crippen LogP contribution in [0.5, 0.6) is 5.88 Å². The number of carboxylic acids is 1. The monoisotopic (exact) mass is 698 g/mol. The molecule has 0 saturated carbocycles. The van der Waals surface area contributed by atoms with Crippen LogP contribution in [0.4, 0.5) is 48.5 Å². The molecule has 0 spiro atoms. The van der Waals surface area contributed by atoms with E-state index >= 15 is 0 Å². The first kappa shape index (κ1) is 37.0. The molecule has 1 amide bonds. The van der Waals surface area contributed by atoms with Gasteiger partial charge in [0.1, 0.15) is 0 Å². The molecule has 2 N–H and O–H groups in total. The van der Waals surface area contributed by atoms with Crippen molar-refractivity contribution in [3.05, 3.63) is 64.6 Å². The van der Waals surface area contributed by atoms with Gasteiger partial charge in [-0.3, -0.25) is 9.69 Å². The van der Waals surface area contributed by atoms with Gasteiger partial charge in [-0.1, -0.05) is 6.92 Å². The molecule has 3 aromatic rings. The Morgan fingerprint density at radius 3 is 2.29 bits per heavy atom. The predicted octanol–water partition coefficient (Wildman–Crippen LogP) is 7.11. The maximum absolute atomic E-state index is 13.6. The number of nitrogens with one attached hydrogen (secondary N) is 1. The topological polar surface area (TPSA) is 130 Å². The second-order valence-corrected chi connectivity index (χ2v) is 11.6. The normalized spacial score (nSPS) is 16.2. The largest absolute Gasteiger partial charge is 0.481 e. The Morgan fingerprint density at radius 2 is 1.71 bits per heavy atom. The van der Waals surface area contributed by atoms with Crippen LogP contribution < -0.4 is 19.9 Å². The molecule has 11 nitrogen and oxygen atoms in total. The average molecular weight is 699 g/mol. The summed E-state index contributed by atoms with van der Waals surface area (Å²) in [7, 11) is 4.70. The zero-order valence-electron chi connectivity index (χ0n) is 27.2. The van der Waals surface area contributed by atoms with E-state index < -0.39 is 47.6 Å².